The molecule has 0 atom stereocenters. The summed E-state index contributed by atoms with van der Waals surface area (Å²) in [5.41, 5.74) is 5.23. The SMILES string of the molecule is NC1(CC(F)F)CCCCC1. The lowest BCUT2D eigenvalue weighted by Crippen LogP contribution is -2.43. The lowest BCUT2D eigenvalue weighted by Gasteiger charge is -2.32. The Kier molecular flexibility index (Phi) is 2.82. The summed E-state index contributed by atoms with van der Waals surface area (Å²) in [5, 5.41) is 0. The fourth-order valence-corrected chi connectivity index (χ4v) is 1.77. The van der Waals surface area contributed by atoms with Gasteiger partial charge in [0.15, 0.2) is 0 Å². The molecule has 0 unspecified atom stereocenters. The molecule has 1 aliphatic rings. The molecule has 1 saturated carbocycles. The van der Waals surface area contributed by atoms with E-state index in [1.165, 1.54) is 0 Å². The number of alkyl halides is 2. The first-order valence-corrected chi connectivity index (χ1v) is 4.19. The summed E-state index contributed by atoms with van der Waals surface area (Å²) in [6, 6.07) is 0. The number of nitrogens with two attached hydrogens (primary N) is 1. The quantitative estimate of drug-likeness (QED) is 0.664. The summed E-state index contributed by atoms with van der Waals surface area (Å²) in [7, 11) is 0. The minimum atomic E-state index is -2.24. The van der Waals surface area contributed by atoms with Crippen LogP contribution in [0.1, 0.15) is 38.5 Å². The first-order valence-electron chi connectivity index (χ1n) is 4.19. The highest BCUT2D eigenvalue weighted by Crippen LogP contribution is 2.30. The van der Waals surface area contributed by atoms with E-state index in [-0.39, 0.29) is 6.42 Å². The van der Waals surface area contributed by atoms with E-state index < -0.39 is 12.0 Å². The topological polar surface area (TPSA) is 26.0 Å². The summed E-state index contributed by atoms with van der Waals surface area (Å²) in [4.78, 5) is 0. The number of halogens is 2. The van der Waals surface area contributed by atoms with Crippen molar-refractivity contribution in [1.82, 2.24) is 0 Å². The Bertz CT molecular complexity index is 119. The van der Waals surface area contributed by atoms with Crippen molar-refractivity contribution in [2.24, 2.45) is 5.73 Å². The minimum absolute atomic E-state index is 0.118. The summed E-state index contributed by atoms with van der Waals surface area (Å²) in [6.45, 7) is 0. The van der Waals surface area contributed by atoms with Gasteiger partial charge in [0, 0.05) is 12.0 Å². The van der Waals surface area contributed by atoms with E-state index in [0.717, 1.165) is 32.1 Å². The zero-order valence-electron chi connectivity index (χ0n) is 6.65. The van der Waals surface area contributed by atoms with Gasteiger partial charge >= 0.3 is 0 Å². The van der Waals surface area contributed by atoms with Gasteiger partial charge in [0.05, 0.1) is 0 Å². The molecule has 0 amide bonds. The first-order chi connectivity index (χ1) is 5.12. The van der Waals surface area contributed by atoms with E-state index >= 15 is 0 Å². The highest BCUT2D eigenvalue weighted by molar-refractivity contribution is 4.87. The van der Waals surface area contributed by atoms with Gasteiger partial charge in [0.1, 0.15) is 0 Å². The van der Waals surface area contributed by atoms with E-state index in [0.29, 0.717) is 0 Å². The maximum Gasteiger partial charge on any atom is 0.240 e. The van der Waals surface area contributed by atoms with Crippen LogP contribution in [0.4, 0.5) is 8.78 Å². The normalized spacial score (nSPS) is 24.0. The Hall–Kier alpha value is -0.180. The molecule has 1 nitrogen and oxygen atoms in total. The predicted molar refractivity (Wildman–Crippen MR) is 40.6 cm³/mol. The molecule has 2 N–H and O–H groups in total. The minimum Gasteiger partial charge on any atom is -0.325 e. The molecule has 1 rings (SSSR count). The Morgan fingerprint density at radius 1 is 1.18 bits per heavy atom. The smallest absolute Gasteiger partial charge is 0.240 e. The van der Waals surface area contributed by atoms with Gasteiger partial charge in [-0.15, -0.1) is 0 Å². The zero-order valence-corrected chi connectivity index (χ0v) is 6.65. The van der Waals surface area contributed by atoms with Crippen LogP contribution in [0.15, 0.2) is 0 Å². The van der Waals surface area contributed by atoms with E-state index in [2.05, 4.69) is 0 Å². The van der Waals surface area contributed by atoms with Crippen LogP contribution in [0.25, 0.3) is 0 Å². The van der Waals surface area contributed by atoms with E-state index in [1.54, 1.807) is 0 Å². The van der Waals surface area contributed by atoms with Crippen molar-refractivity contribution in [2.45, 2.75) is 50.5 Å². The van der Waals surface area contributed by atoms with Crippen molar-refractivity contribution >= 4 is 0 Å². The van der Waals surface area contributed by atoms with E-state index in [1.807, 2.05) is 0 Å². The third-order valence-corrected chi connectivity index (χ3v) is 2.41. The maximum absolute atomic E-state index is 12.0. The van der Waals surface area contributed by atoms with Crippen molar-refractivity contribution < 1.29 is 8.78 Å². The molecule has 1 aliphatic carbocycles. The molecule has 0 spiro atoms. The fourth-order valence-electron chi connectivity index (χ4n) is 1.77. The molecule has 11 heavy (non-hydrogen) atoms. The fraction of sp³-hybridized carbons (Fsp3) is 1.00. The second-order valence-corrected chi connectivity index (χ2v) is 3.52. The lowest BCUT2D eigenvalue weighted by molar-refractivity contribution is 0.0904. The largest absolute Gasteiger partial charge is 0.325 e. The molecule has 66 valence electrons. The van der Waals surface area contributed by atoms with E-state index in [9.17, 15) is 8.78 Å². The van der Waals surface area contributed by atoms with Crippen molar-refractivity contribution in [3.05, 3.63) is 0 Å². The highest BCUT2D eigenvalue weighted by Gasteiger charge is 2.30. The van der Waals surface area contributed by atoms with Gasteiger partial charge < -0.3 is 5.73 Å². The van der Waals surface area contributed by atoms with Crippen LogP contribution in [0.5, 0.6) is 0 Å². The third-order valence-electron chi connectivity index (χ3n) is 2.41. The van der Waals surface area contributed by atoms with E-state index in [4.69, 9.17) is 5.73 Å². The van der Waals surface area contributed by atoms with Gasteiger partial charge in [-0.2, -0.15) is 0 Å². The number of hydrogen-bond acceptors (Lipinski definition) is 1. The maximum atomic E-state index is 12.0. The summed E-state index contributed by atoms with van der Waals surface area (Å²) >= 11 is 0. The van der Waals surface area contributed by atoms with Gasteiger partial charge in [-0.3, -0.25) is 0 Å². The second-order valence-electron chi connectivity index (χ2n) is 3.52. The van der Waals surface area contributed by atoms with Crippen molar-refractivity contribution in [3.63, 3.8) is 0 Å². The molecule has 1 fully saturated rings. The average Bonchev–Trinajstić information content (AvgIpc) is 1.85. The standard InChI is InChI=1S/C8H15F2N/c9-7(10)6-8(11)4-2-1-3-5-8/h7H,1-6,11H2. The average molecular weight is 163 g/mol. The third kappa shape index (κ3) is 2.73. The van der Waals surface area contributed by atoms with Crippen LogP contribution in [-0.2, 0) is 0 Å². The number of rotatable bonds is 2. The van der Waals surface area contributed by atoms with Crippen molar-refractivity contribution in [1.29, 1.82) is 0 Å². The van der Waals surface area contributed by atoms with Crippen LogP contribution < -0.4 is 5.73 Å². The molecule has 0 aromatic rings. The van der Waals surface area contributed by atoms with Crippen LogP contribution in [0.2, 0.25) is 0 Å². The van der Waals surface area contributed by atoms with Gasteiger partial charge in [0.25, 0.3) is 0 Å². The molecule has 3 heteroatoms. The molecule has 0 saturated heterocycles. The summed E-state index contributed by atoms with van der Waals surface area (Å²) < 4.78 is 24.0. The summed E-state index contributed by atoms with van der Waals surface area (Å²) in [6.07, 6.45) is 2.38. The molecule has 0 heterocycles. The molecule has 0 radical (unpaired) electrons. The lowest BCUT2D eigenvalue weighted by atomic mass is 9.80. The molecule has 0 bridgehead atoms. The van der Waals surface area contributed by atoms with Crippen molar-refractivity contribution in [3.8, 4) is 0 Å². The molecule has 0 aliphatic heterocycles. The molecule has 0 aromatic heterocycles. The molecule has 0 aromatic carbocycles. The Labute approximate surface area is 66.0 Å². The Morgan fingerprint density at radius 3 is 2.18 bits per heavy atom. The Balaban J connectivity index is 2.37. The predicted octanol–water partition coefficient (Wildman–Crippen LogP) is 2.30. The van der Waals surface area contributed by atoms with Crippen molar-refractivity contribution in [2.75, 3.05) is 0 Å². The number of hydrogen-bond donors (Lipinski definition) is 1. The van der Waals surface area contributed by atoms with Crippen LogP contribution in [0.3, 0.4) is 0 Å². The zero-order chi connectivity index (χ0) is 8.32. The van der Waals surface area contributed by atoms with Gasteiger partial charge in [-0.25, -0.2) is 8.78 Å². The molecular formula is C8H15F2N. The highest BCUT2D eigenvalue weighted by atomic mass is 19.3. The summed E-state index contributed by atoms with van der Waals surface area (Å²) in [5.74, 6) is 0. The Morgan fingerprint density at radius 2 is 1.73 bits per heavy atom. The molecular weight excluding hydrogens is 148 g/mol. The second kappa shape index (κ2) is 3.48. The van der Waals surface area contributed by atoms with Crippen LogP contribution in [-0.4, -0.2) is 12.0 Å². The van der Waals surface area contributed by atoms with Gasteiger partial charge in [-0.05, 0) is 12.8 Å². The first kappa shape index (κ1) is 8.91. The van der Waals surface area contributed by atoms with Crippen LogP contribution >= 0.6 is 0 Å². The van der Waals surface area contributed by atoms with Crippen LogP contribution in [0, 0.1) is 0 Å². The van der Waals surface area contributed by atoms with Gasteiger partial charge in [0.2, 0.25) is 6.43 Å². The monoisotopic (exact) mass is 163 g/mol. The van der Waals surface area contributed by atoms with Gasteiger partial charge in [-0.1, -0.05) is 19.3 Å².